The zero-order chi connectivity index (χ0) is 8.27. The topological polar surface area (TPSA) is 17.1 Å². The van der Waals surface area contributed by atoms with Gasteiger partial charge in [0.05, 0.1) is 0 Å². The van der Waals surface area contributed by atoms with Crippen LogP contribution in [0.25, 0.3) is 0 Å². The molecule has 1 aromatic rings. The van der Waals surface area contributed by atoms with E-state index in [-0.39, 0.29) is 0 Å². The van der Waals surface area contributed by atoms with E-state index in [1.165, 1.54) is 4.88 Å². The summed E-state index contributed by atoms with van der Waals surface area (Å²) >= 11 is 5.07. The van der Waals surface area contributed by atoms with Gasteiger partial charge in [0.25, 0.3) is 0 Å². The van der Waals surface area contributed by atoms with Gasteiger partial charge >= 0.3 is 0 Å². The van der Waals surface area contributed by atoms with Gasteiger partial charge in [0.2, 0.25) is 0 Å². The summed E-state index contributed by atoms with van der Waals surface area (Å²) in [6.07, 6.45) is 1.59. The maximum absolute atomic E-state index is 10.2. The molecule has 1 atom stereocenters. The van der Waals surface area contributed by atoms with E-state index >= 15 is 0 Å². The van der Waals surface area contributed by atoms with Crippen molar-refractivity contribution in [1.29, 1.82) is 0 Å². The Hall–Kier alpha value is -0.150. The molecule has 0 saturated carbocycles. The fraction of sp³-hybridized carbons (Fsp3) is 0.375. The van der Waals surface area contributed by atoms with Gasteiger partial charge in [0, 0.05) is 21.2 Å². The normalized spacial score (nSPS) is 12.9. The Morgan fingerprint density at radius 1 is 1.82 bits per heavy atom. The maximum atomic E-state index is 10.2. The third-order valence-electron chi connectivity index (χ3n) is 1.52. The van der Waals surface area contributed by atoms with Crippen LogP contribution in [0, 0.1) is 0 Å². The third kappa shape index (κ3) is 2.42. The van der Waals surface area contributed by atoms with Gasteiger partial charge < -0.3 is 4.79 Å². The number of hydrogen-bond donors (Lipinski definition) is 0. The van der Waals surface area contributed by atoms with Crippen LogP contribution >= 0.6 is 27.3 Å². The van der Waals surface area contributed by atoms with E-state index in [0.29, 0.717) is 12.3 Å². The molecule has 0 bridgehead atoms. The van der Waals surface area contributed by atoms with Crippen LogP contribution in [0.2, 0.25) is 0 Å². The Morgan fingerprint density at radius 3 is 3.00 bits per heavy atom. The second kappa shape index (κ2) is 4.02. The minimum Gasteiger partial charge on any atom is -0.303 e. The first kappa shape index (κ1) is 8.94. The molecule has 1 heterocycles. The fourth-order valence-electron chi connectivity index (χ4n) is 0.847. The van der Waals surface area contributed by atoms with Gasteiger partial charge in [-0.1, -0.05) is 6.92 Å². The molecule has 0 unspecified atom stereocenters. The van der Waals surface area contributed by atoms with Crippen molar-refractivity contribution in [3.63, 3.8) is 0 Å². The molecule has 11 heavy (non-hydrogen) atoms. The lowest BCUT2D eigenvalue weighted by atomic mass is 10.1. The number of halogens is 1. The molecule has 0 aliphatic carbocycles. The summed E-state index contributed by atoms with van der Waals surface area (Å²) in [6, 6.07) is 2.07. The van der Waals surface area contributed by atoms with Crippen LogP contribution in [0.1, 0.15) is 24.1 Å². The Labute approximate surface area is 78.6 Å². The molecule has 0 aromatic carbocycles. The number of thiophene rings is 1. The average molecular weight is 233 g/mol. The van der Waals surface area contributed by atoms with E-state index in [1.807, 2.05) is 5.38 Å². The van der Waals surface area contributed by atoms with Gasteiger partial charge in [-0.25, -0.2) is 0 Å². The van der Waals surface area contributed by atoms with Crippen molar-refractivity contribution >= 4 is 33.6 Å². The first-order chi connectivity index (χ1) is 5.24. The molecule has 1 aromatic heterocycles. The van der Waals surface area contributed by atoms with Crippen molar-refractivity contribution in [1.82, 2.24) is 0 Å². The van der Waals surface area contributed by atoms with Crippen LogP contribution in [-0.2, 0) is 4.79 Å². The zero-order valence-corrected chi connectivity index (χ0v) is 8.61. The molecule has 3 heteroatoms. The SMILES string of the molecule is C[C@@H](CC=O)c1cc(Br)cs1. The summed E-state index contributed by atoms with van der Waals surface area (Å²) in [5.41, 5.74) is 0. The van der Waals surface area contributed by atoms with Crippen molar-refractivity contribution in [3.8, 4) is 0 Å². The summed E-state index contributed by atoms with van der Waals surface area (Å²) in [5, 5.41) is 2.04. The van der Waals surface area contributed by atoms with Gasteiger partial charge in [-0.05, 0) is 27.9 Å². The van der Waals surface area contributed by atoms with Gasteiger partial charge in [-0.2, -0.15) is 0 Å². The second-order valence-electron chi connectivity index (χ2n) is 2.47. The highest BCUT2D eigenvalue weighted by atomic mass is 79.9. The van der Waals surface area contributed by atoms with Crippen LogP contribution in [0.5, 0.6) is 0 Å². The Morgan fingerprint density at radius 2 is 2.55 bits per heavy atom. The molecular weight excluding hydrogens is 224 g/mol. The lowest BCUT2D eigenvalue weighted by Gasteiger charge is -2.01. The summed E-state index contributed by atoms with van der Waals surface area (Å²) in [7, 11) is 0. The van der Waals surface area contributed by atoms with Crippen molar-refractivity contribution in [2.75, 3.05) is 0 Å². The lowest BCUT2D eigenvalue weighted by Crippen LogP contribution is -1.89. The van der Waals surface area contributed by atoms with E-state index in [9.17, 15) is 4.79 Å². The van der Waals surface area contributed by atoms with E-state index in [4.69, 9.17) is 0 Å². The van der Waals surface area contributed by atoms with Gasteiger partial charge in [0.15, 0.2) is 0 Å². The lowest BCUT2D eigenvalue weighted by molar-refractivity contribution is -0.108. The summed E-state index contributed by atoms with van der Waals surface area (Å²) in [6.45, 7) is 2.06. The van der Waals surface area contributed by atoms with E-state index in [0.717, 1.165) is 10.8 Å². The molecule has 0 fully saturated rings. The Bertz CT molecular complexity index is 244. The van der Waals surface area contributed by atoms with E-state index in [1.54, 1.807) is 11.3 Å². The summed E-state index contributed by atoms with van der Waals surface area (Å²) in [4.78, 5) is 11.5. The summed E-state index contributed by atoms with van der Waals surface area (Å²) in [5.74, 6) is 0.365. The molecule has 0 aliphatic rings. The molecule has 1 nitrogen and oxygen atoms in total. The van der Waals surface area contributed by atoms with E-state index in [2.05, 4.69) is 28.9 Å². The highest BCUT2D eigenvalue weighted by Crippen LogP contribution is 2.27. The molecule has 0 saturated heterocycles. The first-order valence-corrected chi connectivity index (χ1v) is 5.09. The van der Waals surface area contributed by atoms with Crippen LogP contribution in [-0.4, -0.2) is 6.29 Å². The van der Waals surface area contributed by atoms with E-state index < -0.39 is 0 Å². The minimum absolute atomic E-state index is 0.365. The van der Waals surface area contributed by atoms with Gasteiger partial charge in [-0.3, -0.25) is 0 Å². The molecule has 60 valence electrons. The zero-order valence-electron chi connectivity index (χ0n) is 6.21. The predicted octanol–water partition coefficient (Wildman–Crippen LogP) is 3.20. The van der Waals surface area contributed by atoms with Crippen molar-refractivity contribution in [2.24, 2.45) is 0 Å². The smallest absolute Gasteiger partial charge is 0.120 e. The van der Waals surface area contributed by atoms with Crippen molar-refractivity contribution in [2.45, 2.75) is 19.3 Å². The fourth-order valence-corrected chi connectivity index (χ4v) is 2.37. The van der Waals surface area contributed by atoms with Gasteiger partial charge in [-0.15, -0.1) is 11.3 Å². The third-order valence-corrected chi connectivity index (χ3v) is 3.45. The number of carbonyl (C=O) groups excluding carboxylic acids is 1. The molecule has 0 N–H and O–H groups in total. The van der Waals surface area contributed by atoms with Crippen LogP contribution in [0.4, 0.5) is 0 Å². The average Bonchev–Trinajstić information content (AvgIpc) is 2.36. The van der Waals surface area contributed by atoms with Crippen LogP contribution in [0.3, 0.4) is 0 Å². The number of rotatable bonds is 3. The quantitative estimate of drug-likeness (QED) is 0.732. The number of hydrogen-bond acceptors (Lipinski definition) is 2. The highest BCUT2D eigenvalue weighted by Gasteiger charge is 2.06. The minimum atomic E-state index is 0.365. The standard InChI is InChI=1S/C8H9BrOS/c1-6(2-3-10)8-4-7(9)5-11-8/h3-6H,2H2,1H3/t6-/m0/s1. The number of aldehydes is 1. The largest absolute Gasteiger partial charge is 0.303 e. The van der Waals surface area contributed by atoms with Crippen LogP contribution in [0.15, 0.2) is 15.9 Å². The molecular formula is C8H9BrOS. The molecule has 0 aliphatic heterocycles. The second-order valence-corrected chi connectivity index (χ2v) is 4.33. The maximum Gasteiger partial charge on any atom is 0.120 e. The Balaban J connectivity index is 2.67. The molecule has 0 spiro atoms. The Kier molecular flexibility index (Phi) is 3.27. The monoisotopic (exact) mass is 232 g/mol. The van der Waals surface area contributed by atoms with Crippen LogP contribution < -0.4 is 0 Å². The first-order valence-electron chi connectivity index (χ1n) is 3.41. The van der Waals surface area contributed by atoms with Crippen molar-refractivity contribution in [3.05, 3.63) is 20.8 Å². The summed E-state index contributed by atoms with van der Waals surface area (Å²) < 4.78 is 1.11. The highest BCUT2D eigenvalue weighted by molar-refractivity contribution is 9.10. The van der Waals surface area contributed by atoms with Crippen molar-refractivity contribution < 1.29 is 4.79 Å². The predicted molar refractivity (Wildman–Crippen MR) is 51.1 cm³/mol. The molecule has 0 radical (unpaired) electrons. The number of carbonyl (C=O) groups is 1. The molecule has 1 rings (SSSR count). The van der Waals surface area contributed by atoms with Gasteiger partial charge in [0.1, 0.15) is 6.29 Å². The molecule has 0 amide bonds.